The number of rotatable bonds is 6. The van der Waals surface area contributed by atoms with Crippen molar-refractivity contribution in [1.82, 2.24) is 9.80 Å². The van der Waals surface area contributed by atoms with E-state index in [1.807, 2.05) is 29.2 Å². The molecule has 2 aliphatic rings. The highest BCUT2D eigenvalue weighted by Crippen LogP contribution is 2.29. The van der Waals surface area contributed by atoms with Gasteiger partial charge < -0.3 is 9.80 Å². The van der Waals surface area contributed by atoms with E-state index in [0.29, 0.717) is 32.2 Å². The molecule has 2 aromatic rings. The van der Waals surface area contributed by atoms with Gasteiger partial charge in [-0.15, -0.1) is 0 Å². The molecule has 0 spiro atoms. The number of piperazine rings is 1. The fourth-order valence-electron chi connectivity index (χ4n) is 3.76. The topological polar surface area (TPSA) is 26.8 Å². The lowest BCUT2D eigenvalue weighted by atomic mass is 10.2. The summed E-state index contributed by atoms with van der Waals surface area (Å²) in [6, 6.07) is 14.9. The number of anilines is 1. The van der Waals surface area contributed by atoms with Crippen molar-refractivity contribution in [2.24, 2.45) is 0 Å². The maximum absolute atomic E-state index is 13.1. The van der Waals surface area contributed by atoms with Crippen molar-refractivity contribution in [3.05, 3.63) is 64.9 Å². The van der Waals surface area contributed by atoms with Crippen molar-refractivity contribution < 1.29 is 9.18 Å². The molecular weight excluding hydrogens is 377 g/mol. The SMILES string of the molecule is O=C(CN(Cc1ccc(F)cc1)C1CC1)N1CCN(c2ccccc2Cl)CC1. The van der Waals surface area contributed by atoms with Crippen molar-refractivity contribution >= 4 is 23.2 Å². The molecule has 1 aliphatic carbocycles. The van der Waals surface area contributed by atoms with Crippen LogP contribution in [-0.2, 0) is 11.3 Å². The smallest absolute Gasteiger partial charge is 0.236 e. The van der Waals surface area contributed by atoms with Gasteiger partial charge in [-0.25, -0.2) is 4.39 Å². The number of benzene rings is 2. The molecular formula is C22H25ClFN3O. The van der Waals surface area contributed by atoms with Crippen LogP contribution in [0.2, 0.25) is 5.02 Å². The number of halogens is 2. The third-order valence-corrected chi connectivity index (χ3v) is 5.85. The fourth-order valence-corrected chi connectivity index (χ4v) is 4.01. The van der Waals surface area contributed by atoms with E-state index in [-0.39, 0.29) is 11.7 Å². The zero-order valence-electron chi connectivity index (χ0n) is 15.9. The Morgan fingerprint density at radius 1 is 1.04 bits per heavy atom. The Hall–Kier alpha value is -2.11. The van der Waals surface area contributed by atoms with Crippen LogP contribution in [0.1, 0.15) is 18.4 Å². The molecule has 0 radical (unpaired) electrons. The Kier molecular flexibility index (Phi) is 5.83. The quantitative estimate of drug-likeness (QED) is 0.736. The van der Waals surface area contributed by atoms with Gasteiger partial charge in [0.2, 0.25) is 5.91 Å². The van der Waals surface area contributed by atoms with Crippen LogP contribution in [0.15, 0.2) is 48.5 Å². The van der Waals surface area contributed by atoms with Gasteiger partial charge in [0.15, 0.2) is 0 Å². The highest BCUT2D eigenvalue weighted by molar-refractivity contribution is 6.33. The molecule has 1 saturated heterocycles. The molecule has 2 aromatic carbocycles. The maximum Gasteiger partial charge on any atom is 0.236 e. The van der Waals surface area contributed by atoms with Crippen LogP contribution in [0.5, 0.6) is 0 Å². The van der Waals surface area contributed by atoms with E-state index in [2.05, 4.69) is 9.80 Å². The Morgan fingerprint density at radius 3 is 2.36 bits per heavy atom. The maximum atomic E-state index is 13.1. The van der Waals surface area contributed by atoms with E-state index in [9.17, 15) is 9.18 Å². The highest BCUT2D eigenvalue weighted by Gasteiger charge is 2.32. The number of carbonyl (C=O) groups is 1. The third kappa shape index (κ3) is 4.65. The summed E-state index contributed by atoms with van der Waals surface area (Å²) < 4.78 is 13.1. The number of amides is 1. The first-order chi connectivity index (χ1) is 13.6. The molecule has 0 atom stereocenters. The van der Waals surface area contributed by atoms with Crippen LogP contribution in [0.25, 0.3) is 0 Å². The zero-order chi connectivity index (χ0) is 19.5. The van der Waals surface area contributed by atoms with Crippen LogP contribution >= 0.6 is 11.6 Å². The van der Waals surface area contributed by atoms with Gasteiger partial charge in [-0.1, -0.05) is 35.9 Å². The lowest BCUT2D eigenvalue weighted by Gasteiger charge is -2.37. The summed E-state index contributed by atoms with van der Waals surface area (Å²) in [5.41, 5.74) is 2.08. The molecule has 1 amide bonds. The van der Waals surface area contributed by atoms with Crippen LogP contribution in [0.3, 0.4) is 0 Å². The van der Waals surface area contributed by atoms with Crippen molar-refractivity contribution in [2.75, 3.05) is 37.6 Å². The molecule has 1 aliphatic heterocycles. The van der Waals surface area contributed by atoms with Gasteiger partial charge >= 0.3 is 0 Å². The second-order valence-corrected chi connectivity index (χ2v) is 7.99. The molecule has 0 bridgehead atoms. The summed E-state index contributed by atoms with van der Waals surface area (Å²) >= 11 is 6.30. The first-order valence-corrected chi connectivity index (χ1v) is 10.2. The minimum absolute atomic E-state index is 0.174. The van der Waals surface area contributed by atoms with E-state index in [0.717, 1.165) is 42.2 Å². The van der Waals surface area contributed by atoms with Gasteiger partial charge in [-0.05, 0) is 42.7 Å². The predicted octanol–water partition coefficient (Wildman–Crippen LogP) is 3.79. The van der Waals surface area contributed by atoms with Gasteiger partial charge in [0, 0.05) is 38.8 Å². The lowest BCUT2D eigenvalue weighted by Crippen LogP contribution is -2.51. The summed E-state index contributed by atoms with van der Waals surface area (Å²) in [5, 5.41) is 0.751. The van der Waals surface area contributed by atoms with Crippen molar-refractivity contribution in [3.8, 4) is 0 Å². The van der Waals surface area contributed by atoms with E-state index < -0.39 is 0 Å². The number of carbonyl (C=O) groups excluding carboxylic acids is 1. The van der Waals surface area contributed by atoms with Gasteiger partial charge in [-0.3, -0.25) is 9.69 Å². The Bertz CT molecular complexity index is 817. The Morgan fingerprint density at radius 2 is 1.71 bits per heavy atom. The molecule has 1 heterocycles. The molecule has 0 N–H and O–H groups in total. The Balaban J connectivity index is 1.33. The number of para-hydroxylation sites is 1. The largest absolute Gasteiger partial charge is 0.367 e. The number of hydrogen-bond acceptors (Lipinski definition) is 3. The van der Waals surface area contributed by atoms with Gasteiger partial charge in [-0.2, -0.15) is 0 Å². The fraction of sp³-hybridized carbons (Fsp3) is 0.409. The van der Waals surface area contributed by atoms with E-state index in [1.54, 1.807) is 12.1 Å². The second kappa shape index (κ2) is 8.50. The van der Waals surface area contributed by atoms with Crippen molar-refractivity contribution in [3.63, 3.8) is 0 Å². The minimum Gasteiger partial charge on any atom is -0.367 e. The standard InChI is InChI=1S/C22H25ClFN3O/c23-20-3-1-2-4-21(20)25-11-13-26(14-12-25)22(28)16-27(19-9-10-19)15-17-5-7-18(24)8-6-17/h1-8,19H,9-16H2. The van der Waals surface area contributed by atoms with Gasteiger partial charge in [0.25, 0.3) is 0 Å². The number of hydrogen-bond donors (Lipinski definition) is 0. The van der Waals surface area contributed by atoms with Crippen LogP contribution in [-0.4, -0.2) is 54.5 Å². The average molecular weight is 402 g/mol. The molecule has 6 heteroatoms. The molecule has 148 valence electrons. The summed E-state index contributed by atoms with van der Waals surface area (Å²) in [5.74, 6) is -0.0537. The van der Waals surface area contributed by atoms with Gasteiger partial charge in [0.05, 0.1) is 17.3 Å². The second-order valence-electron chi connectivity index (χ2n) is 7.58. The highest BCUT2D eigenvalue weighted by atomic mass is 35.5. The molecule has 4 nitrogen and oxygen atoms in total. The first-order valence-electron chi connectivity index (χ1n) is 9.86. The minimum atomic E-state index is -0.228. The lowest BCUT2D eigenvalue weighted by molar-refractivity contribution is -0.133. The summed E-state index contributed by atoms with van der Waals surface area (Å²) in [6.07, 6.45) is 2.27. The van der Waals surface area contributed by atoms with E-state index >= 15 is 0 Å². The van der Waals surface area contributed by atoms with Crippen LogP contribution in [0, 0.1) is 5.82 Å². The molecule has 28 heavy (non-hydrogen) atoms. The third-order valence-electron chi connectivity index (χ3n) is 5.53. The van der Waals surface area contributed by atoms with Crippen molar-refractivity contribution in [2.45, 2.75) is 25.4 Å². The first kappa shape index (κ1) is 19.2. The summed E-state index contributed by atoms with van der Waals surface area (Å²) in [6.45, 7) is 4.11. The molecule has 0 aromatic heterocycles. The Labute approximate surface area is 170 Å². The molecule has 4 rings (SSSR count). The molecule has 2 fully saturated rings. The van der Waals surface area contributed by atoms with Crippen molar-refractivity contribution in [1.29, 1.82) is 0 Å². The van der Waals surface area contributed by atoms with E-state index in [1.165, 1.54) is 12.1 Å². The summed E-state index contributed by atoms with van der Waals surface area (Å²) in [4.78, 5) is 19.3. The van der Waals surface area contributed by atoms with Gasteiger partial charge in [0.1, 0.15) is 5.82 Å². The zero-order valence-corrected chi connectivity index (χ0v) is 16.6. The molecule has 1 saturated carbocycles. The predicted molar refractivity (Wildman–Crippen MR) is 110 cm³/mol. The van der Waals surface area contributed by atoms with Crippen LogP contribution < -0.4 is 4.90 Å². The number of nitrogens with zero attached hydrogens (tertiary/aromatic N) is 3. The summed E-state index contributed by atoms with van der Waals surface area (Å²) in [7, 11) is 0. The van der Waals surface area contributed by atoms with E-state index in [4.69, 9.17) is 11.6 Å². The average Bonchev–Trinajstić information content (AvgIpc) is 3.55. The normalized spacial score (nSPS) is 17.2. The monoisotopic (exact) mass is 401 g/mol. The van der Waals surface area contributed by atoms with Crippen LogP contribution in [0.4, 0.5) is 10.1 Å². The molecule has 0 unspecified atom stereocenters.